The summed E-state index contributed by atoms with van der Waals surface area (Å²) in [7, 11) is 0. The summed E-state index contributed by atoms with van der Waals surface area (Å²) in [5, 5.41) is 0. The second-order valence-corrected chi connectivity index (χ2v) is 13.2. The van der Waals surface area contributed by atoms with Gasteiger partial charge < -0.3 is 19.1 Å². The highest BCUT2D eigenvalue weighted by Crippen LogP contribution is 2.44. The molecule has 242 valence electrons. The molecule has 0 saturated carbocycles. The molecule has 1 unspecified atom stereocenters. The minimum atomic E-state index is -0.963. The van der Waals surface area contributed by atoms with Crippen molar-refractivity contribution in [2.75, 3.05) is 18.1 Å². The Morgan fingerprint density at radius 2 is 1.61 bits per heavy atom. The van der Waals surface area contributed by atoms with Crippen molar-refractivity contribution in [2.45, 2.75) is 85.7 Å². The van der Waals surface area contributed by atoms with E-state index in [1.807, 2.05) is 72.7 Å². The zero-order chi connectivity index (χ0) is 33.0. The van der Waals surface area contributed by atoms with E-state index in [9.17, 15) is 9.18 Å². The molecule has 0 N–H and O–H groups in total. The van der Waals surface area contributed by atoms with Crippen molar-refractivity contribution in [2.24, 2.45) is 0 Å². The number of halogens is 1. The van der Waals surface area contributed by atoms with Crippen LogP contribution in [0.2, 0.25) is 0 Å². The van der Waals surface area contributed by atoms with Gasteiger partial charge in [0.2, 0.25) is 0 Å². The summed E-state index contributed by atoms with van der Waals surface area (Å²) in [5.74, 6) is 0.0745. The van der Waals surface area contributed by atoms with E-state index >= 15 is 0 Å². The first-order valence-electron chi connectivity index (χ1n) is 16.1. The number of aromatic nitrogens is 1. The summed E-state index contributed by atoms with van der Waals surface area (Å²) in [5.41, 5.74) is 8.22. The van der Waals surface area contributed by atoms with Crippen LogP contribution in [0.3, 0.4) is 0 Å². The number of rotatable bonds is 10. The van der Waals surface area contributed by atoms with Crippen LogP contribution in [0.4, 0.5) is 10.1 Å². The van der Waals surface area contributed by atoms with Crippen LogP contribution in [0.15, 0.2) is 72.8 Å². The van der Waals surface area contributed by atoms with Crippen molar-refractivity contribution >= 4 is 11.7 Å². The average molecular weight is 625 g/mol. The molecule has 7 heteroatoms. The van der Waals surface area contributed by atoms with Gasteiger partial charge >= 0.3 is 5.97 Å². The monoisotopic (exact) mass is 624 g/mol. The second kappa shape index (κ2) is 14.0. The molecule has 0 bridgehead atoms. The first-order valence-corrected chi connectivity index (χ1v) is 16.1. The van der Waals surface area contributed by atoms with Crippen LogP contribution in [0.5, 0.6) is 5.75 Å². The Morgan fingerprint density at radius 1 is 0.935 bits per heavy atom. The lowest BCUT2D eigenvalue weighted by atomic mass is 9.91. The molecule has 0 aliphatic carbocycles. The molecule has 4 aromatic rings. The molecule has 5 rings (SSSR count). The topological polar surface area (TPSA) is 60.9 Å². The lowest BCUT2D eigenvalue weighted by Crippen LogP contribution is -2.35. The van der Waals surface area contributed by atoms with E-state index in [1.165, 1.54) is 23.3 Å². The summed E-state index contributed by atoms with van der Waals surface area (Å²) in [6.07, 6.45) is 0.305. The van der Waals surface area contributed by atoms with E-state index in [2.05, 4.69) is 29.2 Å². The Labute approximate surface area is 272 Å². The van der Waals surface area contributed by atoms with Crippen molar-refractivity contribution in [3.05, 3.63) is 112 Å². The fourth-order valence-electron chi connectivity index (χ4n) is 6.05. The number of pyridine rings is 1. The van der Waals surface area contributed by atoms with Crippen molar-refractivity contribution in [3.63, 3.8) is 0 Å². The number of carbonyl (C=O) groups excluding carboxylic acids is 1. The molecule has 6 nitrogen and oxygen atoms in total. The number of esters is 1. The number of benzene rings is 3. The van der Waals surface area contributed by atoms with Gasteiger partial charge in [-0.1, -0.05) is 48.5 Å². The van der Waals surface area contributed by atoms with Crippen molar-refractivity contribution < 1.29 is 23.4 Å². The fourth-order valence-corrected chi connectivity index (χ4v) is 6.05. The van der Waals surface area contributed by atoms with Gasteiger partial charge in [-0.15, -0.1) is 0 Å². The molecule has 3 aromatic carbocycles. The highest BCUT2D eigenvalue weighted by molar-refractivity contribution is 5.88. The molecule has 1 aliphatic heterocycles. The molecule has 0 spiro atoms. The number of anilines is 1. The van der Waals surface area contributed by atoms with Gasteiger partial charge in [0.1, 0.15) is 11.6 Å². The Kier molecular flexibility index (Phi) is 10.1. The summed E-state index contributed by atoms with van der Waals surface area (Å²) in [4.78, 5) is 21.2. The van der Waals surface area contributed by atoms with E-state index in [0.29, 0.717) is 19.6 Å². The fraction of sp³-hybridized carbons (Fsp3) is 0.385. The Balaban J connectivity index is 1.57. The molecule has 0 saturated heterocycles. The Hall–Kier alpha value is -4.23. The number of carbonyl (C=O) groups is 1. The predicted molar refractivity (Wildman–Crippen MR) is 181 cm³/mol. The lowest BCUT2D eigenvalue weighted by molar-refractivity contribution is -0.171. The number of hydrogen-bond acceptors (Lipinski definition) is 6. The smallest absolute Gasteiger partial charge is 0.340 e. The third kappa shape index (κ3) is 7.94. The molecule has 0 amide bonds. The van der Waals surface area contributed by atoms with Crippen LogP contribution in [-0.4, -0.2) is 35.8 Å². The quantitative estimate of drug-likeness (QED) is 0.165. The first-order chi connectivity index (χ1) is 21.9. The third-order valence-electron chi connectivity index (χ3n) is 8.04. The van der Waals surface area contributed by atoms with E-state index in [0.717, 1.165) is 58.0 Å². The molecule has 1 atom stereocenters. The van der Waals surface area contributed by atoms with E-state index in [4.69, 9.17) is 19.2 Å². The van der Waals surface area contributed by atoms with Crippen molar-refractivity contribution in [3.8, 4) is 16.9 Å². The lowest BCUT2D eigenvalue weighted by Gasteiger charge is -2.37. The van der Waals surface area contributed by atoms with Gasteiger partial charge in [0.25, 0.3) is 0 Å². The maximum absolute atomic E-state index is 13.8. The molecule has 2 heterocycles. The van der Waals surface area contributed by atoms with Crippen LogP contribution >= 0.6 is 0 Å². The molecule has 46 heavy (non-hydrogen) atoms. The van der Waals surface area contributed by atoms with Gasteiger partial charge in [-0.25, -0.2) is 9.18 Å². The third-order valence-corrected chi connectivity index (χ3v) is 8.04. The highest BCUT2D eigenvalue weighted by Gasteiger charge is 2.36. The van der Waals surface area contributed by atoms with E-state index in [-0.39, 0.29) is 11.9 Å². The SMILES string of the molecule is Cc1nc(C)c(C(OC(C)(C)C)C(=O)OC(C)C)c(N2CCc3ccccc3C2)c1-c1ccc(OCCc2ccc(F)cc2)cc1. The van der Waals surface area contributed by atoms with Crippen LogP contribution in [-0.2, 0) is 33.7 Å². The van der Waals surface area contributed by atoms with Gasteiger partial charge in [-0.2, -0.15) is 0 Å². The number of nitrogens with zero attached hydrogens (tertiary/aromatic N) is 2. The zero-order valence-electron chi connectivity index (χ0n) is 28.0. The molecule has 1 aliphatic rings. The Morgan fingerprint density at radius 3 is 2.26 bits per heavy atom. The largest absolute Gasteiger partial charge is 0.493 e. The number of hydrogen-bond donors (Lipinski definition) is 0. The van der Waals surface area contributed by atoms with E-state index in [1.54, 1.807) is 12.1 Å². The van der Waals surface area contributed by atoms with Crippen LogP contribution in [0, 0.1) is 19.7 Å². The normalized spacial score (nSPS) is 13.8. The number of ether oxygens (including phenoxy) is 3. The van der Waals surface area contributed by atoms with Gasteiger partial charge in [-0.05, 0) is 101 Å². The number of fused-ring (bicyclic) bond motifs is 1. The zero-order valence-corrected chi connectivity index (χ0v) is 28.0. The predicted octanol–water partition coefficient (Wildman–Crippen LogP) is 8.50. The van der Waals surface area contributed by atoms with Crippen molar-refractivity contribution in [1.82, 2.24) is 4.98 Å². The first kappa shape index (κ1) is 33.1. The summed E-state index contributed by atoms with van der Waals surface area (Å²) < 4.78 is 31.6. The average Bonchev–Trinajstić information content (AvgIpc) is 3.00. The highest BCUT2D eigenvalue weighted by atomic mass is 19.1. The second-order valence-electron chi connectivity index (χ2n) is 13.2. The summed E-state index contributed by atoms with van der Waals surface area (Å²) in [6, 6.07) is 23.0. The van der Waals surface area contributed by atoms with Gasteiger partial charge in [0, 0.05) is 42.0 Å². The maximum atomic E-state index is 13.8. The minimum absolute atomic E-state index is 0.245. The van der Waals surface area contributed by atoms with Crippen LogP contribution < -0.4 is 9.64 Å². The van der Waals surface area contributed by atoms with Gasteiger partial charge in [0.15, 0.2) is 6.10 Å². The Bertz CT molecular complexity index is 1660. The van der Waals surface area contributed by atoms with E-state index < -0.39 is 17.7 Å². The van der Waals surface area contributed by atoms with Crippen LogP contribution in [0.1, 0.15) is 74.4 Å². The molecule has 1 aromatic heterocycles. The molecule has 0 radical (unpaired) electrons. The van der Waals surface area contributed by atoms with Crippen molar-refractivity contribution in [1.29, 1.82) is 0 Å². The van der Waals surface area contributed by atoms with Gasteiger partial charge in [-0.3, -0.25) is 4.98 Å². The summed E-state index contributed by atoms with van der Waals surface area (Å²) in [6.45, 7) is 15.5. The number of aryl methyl sites for hydroxylation is 2. The minimum Gasteiger partial charge on any atom is -0.493 e. The molecular weight excluding hydrogens is 579 g/mol. The van der Waals surface area contributed by atoms with Crippen LogP contribution in [0.25, 0.3) is 11.1 Å². The standard InChI is InChI=1S/C39H45FN2O4/c1-25(2)45-38(43)37(46-39(5,6)7)35-27(4)41-26(3)34(36(35)42-22-20-29-10-8-9-11-31(29)24-42)30-14-18-33(19-15-30)44-23-21-28-12-16-32(40)17-13-28/h8-19,25,37H,20-24H2,1-7H3. The summed E-state index contributed by atoms with van der Waals surface area (Å²) >= 11 is 0. The van der Waals surface area contributed by atoms with Gasteiger partial charge in [0.05, 0.1) is 24.0 Å². The maximum Gasteiger partial charge on any atom is 0.340 e. The molecular formula is C39H45FN2O4. The molecule has 0 fully saturated rings.